The number of nitrogens with one attached hydrogen (secondary N) is 1. The highest BCUT2D eigenvalue weighted by Crippen LogP contribution is 2.29. The number of halogens is 1. The molecule has 1 amide bonds. The number of hydrogen-bond acceptors (Lipinski definition) is 4. The number of nitriles is 1. The molecule has 1 N–H and O–H groups in total. The second-order valence-electron chi connectivity index (χ2n) is 9.15. The molecule has 4 aromatic carbocycles. The van der Waals surface area contributed by atoms with Gasteiger partial charge in [-0.05, 0) is 67.1 Å². The van der Waals surface area contributed by atoms with E-state index >= 15 is 0 Å². The number of hydrogen-bond donors (Lipinski definition) is 1. The number of carbonyl (C=O) groups is 1. The lowest BCUT2D eigenvalue weighted by Gasteiger charge is -2.08. The van der Waals surface area contributed by atoms with Crippen molar-refractivity contribution in [3.05, 3.63) is 137 Å². The van der Waals surface area contributed by atoms with Gasteiger partial charge in [0.2, 0.25) is 0 Å². The number of aromatic nitrogens is 2. The largest absolute Gasteiger partial charge is 0.489 e. The second kappa shape index (κ2) is 11.9. The van der Waals surface area contributed by atoms with Gasteiger partial charge in [0, 0.05) is 23.0 Å². The molecule has 5 rings (SSSR count). The predicted molar refractivity (Wildman–Crippen MR) is 153 cm³/mol. The Morgan fingerprint density at radius 2 is 1.75 bits per heavy atom. The fourth-order valence-corrected chi connectivity index (χ4v) is 4.05. The highest BCUT2D eigenvalue weighted by Gasteiger charge is 2.16. The normalized spacial score (nSPS) is 11.1. The Hall–Kier alpha value is -5.48. The van der Waals surface area contributed by atoms with Crippen molar-refractivity contribution >= 4 is 17.7 Å². The summed E-state index contributed by atoms with van der Waals surface area (Å²) in [5.74, 6) is -0.214. The molecule has 0 saturated heterocycles. The van der Waals surface area contributed by atoms with Crippen molar-refractivity contribution in [2.24, 2.45) is 0 Å². The molecule has 0 aliphatic carbocycles. The van der Waals surface area contributed by atoms with Crippen LogP contribution in [-0.4, -0.2) is 15.7 Å². The molecule has 6 nitrogen and oxygen atoms in total. The number of anilines is 1. The SMILES string of the molecule is Cc1ccc(NC(=O)/C(C#N)=C\c2cn(-c3ccccc3)nc2-c2cccc(OCc3ccc(F)cc3)c2)cc1. The molecule has 5 aromatic rings. The minimum Gasteiger partial charge on any atom is -0.489 e. The zero-order chi connectivity index (χ0) is 27.9. The van der Waals surface area contributed by atoms with E-state index in [-0.39, 0.29) is 18.0 Å². The number of carbonyl (C=O) groups excluding carboxylic acids is 1. The van der Waals surface area contributed by atoms with Crippen molar-refractivity contribution in [3.63, 3.8) is 0 Å². The summed E-state index contributed by atoms with van der Waals surface area (Å²) >= 11 is 0. The van der Waals surface area contributed by atoms with Gasteiger partial charge in [-0.15, -0.1) is 0 Å². The third-order valence-electron chi connectivity index (χ3n) is 6.16. The van der Waals surface area contributed by atoms with E-state index in [0.29, 0.717) is 22.7 Å². The first-order chi connectivity index (χ1) is 19.5. The Balaban J connectivity index is 1.48. The van der Waals surface area contributed by atoms with Gasteiger partial charge in [-0.1, -0.05) is 60.2 Å². The van der Waals surface area contributed by atoms with Crippen molar-refractivity contribution in [2.45, 2.75) is 13.5 Å². The van der Waals surface area contributed by atoms with Crippen LogP contribution in [0.25, 0.3) is 23.0 Å². The monoisotopic (exact) mass is 528 g/mol. The van der Waals surface area contributed by atoms with Crippen LogP contribution in [0.15, 0.2) is 115 Å². The molecule has 0 aliphatic rings. The first-order valence-electron chi connectivity index (χ1n) is 12.6. The van der Waals surface area contributed by atoms with Gasteiger partial charge in [-0.3, -0.25) is 4.79 Å². The number of amides is 1. The number of aryl methyl sites for hydroxylation is 1. The van der Waals surface area contributed by atoms with E-state index in [1.807, 2.05) is 79.7 Å². The summed E-state index contributed by atoms with van der Waals surface area (Å²) < 4.78 is 20.9. The first kappa shape index (κ1) is 26.1. The summed E-state index contributed by atoms with van der Waals surface area (Å²) in [6.45, 7) is 2.23. The topological polar surface area (TPSA) is 79.9 Å². The maximum absolute atomic E-state index is 13.2. The summed E-state index contributed by atoms with van der Waals surface area (Å²) in [6.07, 6.45) is 3.32. The van der Waals surface area contributed by atoms with Crippen molar-refractivity contribution in [2.75, 3.05) is 5.32 Å². The third-order valence-corrected chi connectivity index (χ3v) is 6.16. The van der Waals surface area contributed by atoms with Crippen LogP contribution in [-0.2, 0) is 11.4 Å². The summed E-state index contributed by atoms with van der Waals surface area (Å²) in [6, 6.07) is 32.5. The van der Waals surface area contributed by atoms with E-state index in [4.69, 9.17) is 9.84 Å². The number of nitrogens with zero attached hydrogens (tertiary/aromatic N) is 3. The number of benzene rings is 4. The van der Waals surface area contributed by atoms with Crippen LogP contribution in [0.3, 0.4) is 0 Å². The van der Waals surface area contributed by atoms with Crippen LogP contribution >= 0.6 is 0 Å². The maximum Gasteiger partial charge on any atom is 0.266 e. The fourth-order valence-electron chi connectivity index (χ4n) is 4.05. The Kier molecular flexibility index (Phi) is 7.79. The average molecular weight is 529 g/mol. The second-order valence-corrected chi connectivity index (χ2v) is 9.15. The van der Waals surface area contributed by atoms with E-state index in [0.717, 1.165) is 22.4 Å². The smallest absolute Gasteiger partial charge is 0.266 e. The van der Waals surface area contributed by atoms with Crippen LogP contribution in [0.2, 0.25) is 0 Å². The summed E-state index contributed by atoms with van der Waals surface area (Å²) in [5.41, 5.74) is 5.18. The van der Waals surface area contributed by atoms with E-state index in [1.165, 1.54) is 18.2 Å². The standard InChI is InChI=1S/C33H25FN4O2/c1-23-10-16-29(17-11-23)36-33(39)26(20-35)18-27-21-38(30-7-3-2-4-8-30)37-32(27)25-6-5-9-31(19-25)40-22-24-12-14-28(34)15-13-24/h2-19,21H,22H2,1H3,(H,36,39)/b26-18-. The zero-order valence-corrected chi connectivity index (χ0v) is 21.7. The Morgan fingerprint density at radius 1 is 1.00 bits per heavy atom. The number of rotatable bonds is 8. The van der Waals surface area contributed by atoms with Gasteiger partial charge in [0.15, 0.2) is 0 Å². The van der Waals surface area contributed by atoms with Gasteiger partial charge in [0.1, 0.15) is 35.5 Å². The van der Waals surface area contributed by atoms with Crippen molar-refractivity contribution in [1.29, 1.82) is 5.26 Å². The third kappa shape index (κ3) is 6.32. The highest BCUT2D eigenvalue weighted by atomic mass is 19.1. The number of para-hydroxylation sites is 1. The average Bonchev–Trinajstić information content (AvgIpc) is 3.41. The van der Waals surface area contributed by atoms with E-state index in [9.17, 15) is 14.4 Å². The van der Waals surface area contributed by atoms with Gasteiger partial charge >= 0.3 is 0 Å². The van der Waals surface area contributed by atoms with E-state index in [1.54, 1.807) is 35.1 Å². The Morgan fingerprint density at radius 3 is 2.48 bits per heavy atom. The summed E-state index contributed by atoms with van der Waals surface area (Å²) in [5, 5.41) is 17.4. The van der Waals surface area contributed by atoms with Crippen LogP contribution in [0.5, 0.6) is 5.75 Å². The van der Waals surface area contributed by atoms with Gasteiger partial charge in [-0.2, -0.15) is 10.4 Å². The summed E-state index contributed by atoms with van der Waals surface area (Å²) in [7, 11) is 0. The van der Waals surface area contributed by atoms with Gasteiger partial charge in [-0.25, -0.2) is 9.07 Å². The minimum atomic E-state index is -0.513. The molecule has 0 saturated carbocycles. The van der Waals surface area contributed by atoms with Crippen LogP contribution in [0, 0.1) is 24.1 Å². The van der Waals surface area contributed by atoms with E-state index < -0.39 is 5.91 Å². The lowest BCUT2D eigenvalue weighted by atomic mass is 10.1. The van der Waals surface area contributed by atoms with Gasteiger partial charge < -0.3 is 10.1 Å². The predicted octanol–water partition coefficient (Wildman–Crippen LogP) is 7.11. The van der Waals surface area contributed by atoms with Crippen molar-refractivity contribution in [1.82, 2.24) is 9.78 Å². The molecule has 0 atom stereocenters. The molecule has 1 aromatic heterocycles. The molecule has 0 unspecified atom stereocenters. The lowest BCUT2D eigenvalue weighted by Crippen LogP contribution is -2.13. The lowest BCUT2D eigenvalue weighted by molar-refractivity contribution is -0.112. The van der Waals surface area contributed by atoms with Crippen LogP contribution in [0.4, 0.5) is 10.1 Å². The molecular formula is C33H25FN4O2. The quantitative estimate of drug-likeness (QED) is 0.172. The maximum atomic E-state index is 13.2. The van der Waals surface area contributed by atoms with Crippen LogP contribution in [0.1, 0.15) is 16.7 Å². The molecule has 0 radical (unpaired) electrons. The summed E-state index contributed by atoms with van der Waals surface area (Å²) in [4.78, 5) is 13.0. The van der Waals surface area contributed by atoms with Gasteiger partial charge in [0.05, 0.1) is 5.69 Å². The van der Waals surface area contributed by atoms with Crippen LogP contribution < -0.4 is 10.1 Å². The van der Waals surface area contributed by atoms with Crippen molar-refractivity contribution in [3.8, 4) is 28.8 Å². The van der Waals surface area contributed by atoms with Gasteiger partial charge in [0.25, 0.3) is 5.91 Å². The molecule has 1 heterocycles. The molecule has 7 heteroatoms. The molecule has 0 fully saturated rings. The molecule has 0 aliphatic heterocycles. The van der Waals surface area contributed by atoms with E-state index in [2.05, 4.69) is 5.32 Å². The molecule has 0 bridgehead atoms. The molecule has 0 spiro atoms. The zero-order valence-electron chi connectivity index (χ0n) is 21.7. The molecular weight excluding hydrogens is 503 g/mol. The Bertz CT molecular complexity index is 1700. The Labute approximate surface area is 231 Å². The molecule has 196 valence electrons. The highest BCUT2D eigenvalue weighted by molar-refractivity contribution is 6.10. The van der Waals surface area contributed by atoms with Crippen molar-refractivity contribution < 1.29 is 13.9 Å². The number of ether oxygens (including phenoxy) is 1. The first-order valence-corrected chi connectivity index (χ1v) is 12.6. The molecule has 40 heavy (non-hydrogen) atoms. The minimum absolute atomic E-state index is 0.0573. The fraction of sp³-hybridized carbons (Fsp3) is 0.0606.